The lowest BCUT2D eigenvalue weighted by molar-refractivity contribution is 0.0435. The lowest BCUT2D eigenvalue weighted by Crippen LogP contribution is -2.38. The van der Waals surface area contributed by atoms with E-state index in [0.717, 1.165) is 18.4 Å². The maximum Gasteiger partial charge on any atom is 0.261 e. The number of hydrogen-bond acceptors (Lipinski definition) is 3. The Kier molecular flexibility index (Phi) is 4.66. The van der Waals surface area contributed by atoms with Gasteiger partial charge in [-0.25, -0.2) is 9.37 Å². The molecule has 3 aromatic rings. The summed E-state index contributed by atoms with van der Waals surface area (Å²) in [5, 5.41) is 0. The van der Waals surface area contributed by atoms with E-state index in [-0.39, 0.29) is 16.8 Å². The van der Waals surface area contributed by atoms with Crippen LogP contribution in [0.4, 0.5) is 4.39 Å². The minimum absolute atomic E-state index is 0.0864. The summed E-state index contributed by atoms with van der Waals surface area (Å²) in [6.45, 7) is 1.88. The van der Waals surface area contributed by atoms with Crippen molar-refractivity contribution in [3.63, 3.8) is 0 Å². The molecule has 1 fully saturated rings. The maximum atomic E-state index is 13.9. The molecule has 0 amide bonds. The fraction of sp³-hybridized carbons (Fsp3) is 0.333. The van der Waals surface area contributed by atoms with Gasteiger partial charge < -0.3 is 13.9 Å². The Hall–Kier alpha value is -2.73. The highest BCUT2D eigenvalue weighted by Gasteiger charge is 2.36. The number of ether oxygens (including phenoxy) is 1. The quantitative estimate of drug-likeness (QED) is 0.712. The summed E-state index contributed by atoms with van der Waals surface area (Å²) >= 11 is 0. The number of pyridine rings is 1. The second-order valence-electron chi connectivity index (χ2n) is 7.12. The van der Waals surface area contributed by atoms with Crippen LogP contribution in [0.15, 0.2) is 59.8 Å². The molecule has 3 heterocycles. The van der Waals surface area contributed by atoms with Gasteiger partial charge in [0.1, 0.15) is 11.6 Å². The smallest absolute Gasteiger partial charge is 0.261 e. The Bertz CT molecular complexity index is 1000. The average Bonchev–Trinajstić information content (AvgIpc) is 3.12. The zero-order chi connectivity index (χ0) is 18.9. The highest BCUT2D eigenvalue weighted by molar-refractivity contribution is 5.54. The second-order valence-corrected chi connectivity index (χ2v) is 7.12. The van der Waals surface area contributed by atoms with Crippen molar-refractivity contribution in [2.24, 2.45) is 7.05 Å². The van der Waals surface area contributed by atoms with Crippen molar-refractivity contribution < 1.29 is 9.13 Å². The standard InChI is InChI=1S/C21H22FN3O2/c1-24-10-3-6-18(20(24)26)19-23-9-11-25(19)15-21(7-12-27-13-8-21)16-4-2-5-17(22)14-16/h2-6,9-11,14H,7-8,12-13,15H2,1H3. The molecule has 0 atom stereocenters. The molecule has 6 heteroatoms. The minimum Gasteiger partial charge on any atom is -0.381 e. The summed E-state index contributed by atoms with van der Waals surface area (Å²) in [4.78, 5) is 17.0. The highest BCUT2D eigenvalue weighted by atomic mass is 19.1. The van der Waals surface area contributed by atoms with Gasteiger partial charge in [0.05, 0.1) is 5.56 Å². The molecule has 1 aromatic carbocycles. The zero-order valence-electron chi connectivity index (χ0n) is 15.3. The normalized spacial score (nSPS) is 16.4. The predicted octanol–water partition coefficient (Wildman–Crippen LogP) is 3.14. The van der Waals surface area contributed by atoms with Crippen LogP contribution in [0, 0.1) is 5.82 Å². The van der Waals surface area contributed by atoms with E-state index in [1.165, 1.54) is 6.07 Å². The Morgan fingerprint density at radius 3 is 2.78 bits per heavy atom. The highest BCUT2D eigenvalue weighted by Crippen LogP contribution is 2.37. The van der Waals surface area contributed by atoms with Crippen LogP contribution in [-0.4, -0.2) is 27.3 Å². The fourth-order valence-corrected chi connectivity index (χ4v) is 3.89. The van der Waals surface area contributed by atoms with Gasteiger partial charge in [-0.1, -0.05) is 12.1 Å². The van der Waals surface area contributed by atoms with E-state index in [2.05, 4.69) is 4.98 Å². The molecule has 140 valence electrons. The first kappa shape index (κ1) is 17.7. The third kappa shape index (κ3) is 3.32. The number of benzene rings is 1. The van der Waals surface area contributed by atoms with Crippen LogP contribution >= 0.6 is 0 Å². The van der Waals surface area contributed by atoms with Crippen molar-refractivity contribution in [2.75, 3.05) is 13.2 Å². The molecule has 1 saturated heterocycles. The first-order valence-corrected chi connectivity index (χ1v) is 9.10. The molecule has 0 aliphatic carbocycles. The van der Waals surface area contributed by atoms with Crippen molar-refractivity contribution in [2.45, 2.75) is 24.8 Å². The Morgan fingerprint density at radius 1 is 1.19 bits per heavy atom. The molecule has 5 nitrogen and oxygen atoms in total. The van der Waals surface area contributed by atoms with E-state index in [0.29, 0.717) is 31.1 Å². The summed E-state index contributed by atoms with van der Waals surface area (Å²) in [6, 6.07) is 10.4. The third-order valence-corrected chi connectivity index (χ3v) is 5.44. The summed E-state index contributed by atoms with van der Waals surface area (Å²) in [5.74, 6) is 0.402. The first-order valence-electron chi connectivity index (χ1n) is 9.10. The molecule has 0 N–H and O–H groups in total. The van der Waals surface area contributed by atoms with Crippen LogP contribution < -0.4 is 5.56 Å². The average molecular weight is 367 g/mol. The number of aromatic nitrogens is 3. The van der Waals surface area contributed by atoms with Crippen LogP contribution in [0.5, 0.6) is 0 Å². The molecule has 0 radical (unpaired) electrons. The van der Waals surface area contributed by atoms with Crippen molar-refractivity contribution in [3.05, 3.63) is 76.7 Å². The van der Waals surface area contributed by atoms with Gasteiger partial charge in [-0.15, -0.1) is 0 Å². The van der Waals surface area contributed by atoms with Crippen LogP contribution in [-0.2, 0) is 23.7 Å². The minimum atomic E-state index is -0.254. The summed E-state index contributed by atoms with van der Waals surface area (Å²) in [6.07, 6.45) is 6.91. The molecule has 0 bridgehead atoms. The van der Waals surface area contributed by atoms with Crippen LogP contribution in [0.1, 0.15) is 18.4 Å². The van der Waals surface area contributed by atoms with Gasteiger partial charge in [-0.05, 0) is 42.7 Å². The number of hydrogen-bond donors (Lipinski definition) is 0. The number of rotatable bonds is 4. The Labute approximate surface area is 157 Å². The fourth-order valence-electron chi connectivity index (χ4n) is 3.89. The van der Waals surface area contributed by atoms with Crippen molar-refractivity contribution in [1.82, 2.24) is 14.1 Å². The first-order chi connectivity index (χ1) is 13.1. The van der Waals surface area contributed by atoms with Gasteiger partial charge in [0.25, 0.3) is 5.56 Å². The van der Waals surface area contributed by atoms with E-state index in [1.807, 2.05) is 22.9 Å². The van der Waals surface area contributed by atoms with E-state index < -0.39 is 0 Å². The molecule has 0 unspecified atom stereocenters. The number of halogens is 1. The van der Waals surface area contributed by atoms with Crippen molar-refractivity contribution >= 4 is 0 Å². The monoisotopic (exact) mass is 367 g/mol. The van der Waals surface area contributed by atoms with Gasteiger partial charge >= 0.3 is 0 Å². The molecule has 1 aliphatic rings. The molecule has 4 rings (SSSR count). The van der Waals surface area contributed by atoms with Gasteiger partial charge in [0, 0.05) is 50.8 Å². The van der Waals surface area contributed by atoms with Crippen molar-refractivity contribution in [1.29, 1.82) is 0 Å². The summed E-state index contributed by atoms with van der Waals surface area (Å²) in [7, 11) is 1.73. The maximum absolute atomic E-state index is 13.9. The Morgan fingerprint density at radius 2 is 2.00 bits per heavy atom. The van der Waals surface area contributed by atoms with Crippen LogP contribution in [0.25, 0.3) is 11.4 Å². The van der Waals surface area contributed by atoms with Crippen LogP contribution in [0.3, 0.4) is 0 Å². The third-order valence-electron chi connectivity index (χ3n) is 5.44. The van der Waals surface area contributed by atoms with E-state index in [1.54, 1.807) is 42.2 Å². The molecule has 27 heavy (non-hydrogen) atoms. The van der Waals surface area contributed by atoms with E-state index in [9.17, 15) is 9.18 Å². The summed E-state index contributed by atoms with van der Waals surface area (Å²) in [5.41, 5.74) is 1.19. The van der Waals surface area contributed by atoms with Gasteiger partial charge in [0.2, 0.25) is 0 Å². The molecule has 2 aromatic heterocycles. The predicted molar refractivity (Wildman–Crippen MR) is 101 cm³/mol. The molecule has 0 saturated carbocycles. The van der Waals surface area contributed by atoms with Crippen molar-refractivity contribution in [3.8, 4) is 11.4 Å². The van der Waals surface area contributed by atoms with Crippen LogP contribution in [0.2, 0.25) is 0 Å². The van der Waals surface area contributed by atoms with Gasteiger partial charge in [0.15, 0.2) is 0 Å². The molecule has 0 spiro atoms. The number of nitrogens with zero attached hydrogens (tertiary/aromatic N) is 3. The lowest BCUT2D eigenvalue weighted by atomic mass is 9.74. The van der Waals surface area contributed by atoms with Gasteiger partial charge in [-0.2, -0.15) is 0 Å². The number of imidazole rings is 1. The largest absolute Gasteiger partial charge is 0.381 e. The van der Waals surface area contributed by atoms with E-state index >= 15 is 0 Å². The summed E-state index contributed by atoms with van der Waals surface area (Å²) < 4.78 is 23.0. The lowest BCUT2D eigenvalue weighted by Gasteiger charge is -2.38. The second kappa shape index (κ2) is 7.12. The van der Waals surface area contributed by atoms with E-state index in [4.69, 9.17) is 4.74 Å². The SMILES string of the molecule is Cn1cccc(-c2nccn2CC2(c3cccc(F)c3)CCOCC2)c1=O. The number of aryl methyl sites for hydroxylation is 1. The molecular weight excluding hydrogens is 345 g/mol. The molecular formula is C21H22FN3O2. The molecule has 1 aliphatic heterocycles. The Balaban J connectivity index is 1.77. The van der Waals surface area contributed by atoms with Gasteiger partial charge in [-0.3, -0.25) is 4.79 Å². The zero-order valence-corrected chi connectivity index (χ0v) is 15.3. The topological polar surface area (TPSA) is 49.0 Å².